The zero-order valence-electron chi connectivity index (χ0n) is 34.4. The predicted molar refractivity (Wildman–Crippen MR) is 207 cm³/mol. The number of likely N-dealkylation sites (N-methyl/N-ethyl adjacent to an activating group) is 1. The van der Waals surface area contributed by atoms with Crippen LogP contribution in [0.5, 0.6) is 5.75 Å². The number of likely N-dealkylation sites (tertiary alicyclic amines) is 1. The summed E-state index contributed by atoms with van der Waals surface area (Å²) in [4.78, 5) is 20.1. The Labute approximate surface area is 315 Å². The molecule has 4 rings (SSSR count). The first-order valence-electron chi connectivity index (χ1n) is 20.0. The van der Waals surface area contributed by atoms with E-state index in [1.54, 1.807) is 7.11 Å². The number of hydrogen-bond acceptors (Lipinski definition) is 9. The molecule has 10 heteroatoms. The SMILES string of the molecule is CCCN1C[C@H](C)C[C@@](C)(OC)[C@H](O[C@@H]2O[C@H](C)C[C@H](N(C)C)[C@H]2O)[C@H](C)CC(C)(C)COC[C@H]1CC1CCN(C(=O)c2cccc(OC)c2)CC1. The molecule has 0 unspecified atom stereocenters. The number of ether oxygens (including phenoxy) is 5. The summed E-state index contributed by atoms with van der Waals surface area (Å²) in [6, 6.07) is 7.72. The number of methoxy groups -OCH3 is 2. The number of carbonyl (C=O) groups is 1. The molecule has 9 atom stereocenters. The van der Waals surface area contributed by atoms with E-state index in [0.717, 1.165) is 71.1 Å². The minimum Gasteiger partial charge on any atom is -0.497 e. The van der Waals surface area contributed by atoms with Crippen LogP contribution in [0, 0.1) is 23.2 Å². The van der Waals surface area contributed by atoms with Gasteiger partial charge in [-0.3, -0.25) is 9.69 Å². The molecule has 0 saturated carbocycles. The van der Waals surface area contributed by atoms with Crippen LogP contribution in [0.3, 0.4) is 0 Å². The van der Waals surface area contributed by atoms with Crippen LogP contribution in [0.4, 0.5) is 0 Å². The summed E-state index contributed by atoms with van der Waals surface area (Å²) in [5, 5.41) is 11.5. The van der Waals surface area contributed by atoms with Gasteiger partial charge in [0.15, 0.2) is 6.29 Å². The van der Waals surface area contributed by atoms with Gasteiger partial charge >= 0.3 is 0 Å². The topological polar surface area (TPSA) is 93.2 Å². The van der Waals surface area contributed by atoms with E-state index in [1.807, 2.05) is 50.4 Å². The number of amides is 1. The number of rotatable bonds is 10. The second-order valence-corrected chi connectivity index (χ2v) is 17.7. The largest absolute Gasteiger partial charge is 0.497 e. The summed E-state index contributed by atoms with van der Waals surface area (Å²) >= 11 is 0. The van der Waals surface area contributed by atoms with E-state index in [-0.39, 0.29) is 41.5 Å². The standard InChI is InChI=1S/C42H73N3O7/c1-12-18-45-26-29(2)24-42(7,49-11)38(52-40-37(46)36(43(8)9)21-31(4)51-40)30(3)25-41(5,6)28-50-27-34(45)22-32-16-19-44(20-17-32)39(47)33-14-13-15-35(23-33)48-10/h13-15,23,29-32,34,36-38,40,46H,12,16-22,24-28H2,1-11H3/t29-,30-,31-,34-,36+,37-,38-,40+,42-/m1/s1. The molecule has 1 aromatic rings. The van der Waals surface area contributed by atoms with Crippen LogP contribution < -0.4 is 4.74 Å². The normalized spacial score (nSPS) is 34.7. The fraction of sp³-hybridized carbons (Fsp3) is 0.833. The van der Waals surface area contributed by atoms with E-state index in [9.17, 15) is 9.90 Å². The maximum absolute atomic E-state index is 13.4. The number of nitrogens with zero attached hydrogens (tertiary/aromatic N) is 3. The summed E-state index contributed by atoms with van der Waals surface area (Å²) in [5.74, 6) is 1.76. The molecule has 0 spiro atoms. The van der Waals surface area contributed by atoms with Crippen molar-refractivity contribution in [3.63, 3.8) is 0 Å². The van der Waals surface area contributed by atoms with Crippen molar-refractivity contribution in [1.29, 1.82) is 0 Å². The molecule has 1 aromatic carbocycles. The summed E-state index contributed by atoms with van der Waals surface area (Å²) in [7, 11) is 7.46. The summed E-state index contributed by atoms with van der Waals surface area (Å²) in [6.45, 7) is 20.5. The van der Waals surface area contributed by atoms with Gasteiger partial charge in [0.2, 0.25) is 0 Å². The summed E-state index contributed by atoms with van der Waals surface area (Å²) in [5.41, 5.74) is -0.0179. The Morgan fingerprint density at radius 2 is 1.79 bits per heavy atom. The first-order valence-corrected chi connectivity index (χ1v) is 20.0. The number of hydrogen-bond donors (Lipinski definition) is 1. The second kappa shape index (κ2) is 19.2. The fourth-order valence-corrected chi connectivity index (χ4v) is 9.39. The average molecular weight is 732 g/mol. The minimum atomic E-state index is -0.759. The van der Waals surface area contributed by atoms with Gasteiger partial charge in [-0.05, 0) is 121 Å². The van der Waals surface area contributed by atoms with E-state index < -0.39 is 18.0 Å². The van der Waals surface area contributed by atoms with Gasteiger partial charge in [0, 0.05) is 44.4 Å². The molecular formula is C42H73N3O7. The number of carbonyl (C=O) groups excluding carboxylic acids is 1. The fourth-order valence-electron chi connectivity index (χ4n) is 9.39. The van der Waals surface area contributed by atoms with Gasteiger partial charge in [-0.1, -0.05) is 40.7 Å². The van der Waals surface area contributed by atoms with Crippen molar-refractivity contribution in [2.75, 3.05) is 67.7 Å². The number of aliphatic hydroxyl groups is 1. The Morgan fingerprint density at radius 3 is 2.42 bits per heavy atom. The molecule has 3 saturated heterocycles. The number of benzene rings is 1. The van der Waals surface area contributed by atoms with Crippen LogP contribution in [0.2, 0.25) is 0 Å². The summed E-state index contributed by atoms with van der Waals surface area (Å²) in [6.07, 6.45) is 4.74. The maximum atomic E-state index is 13.4. The second-order valence-electron chi connectivity index (χ2n) is 17.7. The highest BCUT2D eigenvalue weighted by molar-refractivity contribution is 5.94. The molecule has 3 aliphatic heterocycles. The Hall–Kier alpha value is -1.79. The molecule has 0 bridgehead atoms. The minimum absolute atomic E-state index is 0.0244. The first-order chi connectivity index (χ1) is 24.6. The highest BCUT2D eigenvalue weighted by Crippen LogP contribution is 2.40. The Kier molecular flexibility index (Phi) is 15.8. The third-order valence-electron chi connectivity index (χ3n) is 12.0. The quantitative estimate of drug-likeness (QED) is 0.296. The molecule has 0 radical (unpaired) electrons. The van der Waals surface area contributed by atoms with Crippen molar-refractivity contribution >= 4 is 5.91 Å². The predicted octanol–water partition coefficient (Wildman–Crippen LogP) is 6.34. The molecule has 3 heterocycles. The van der Waals surface area contributed by atoms with Gasteiger partial charge in [0.1, 0.15) is 11.9 Å². The van der Waals surface area contributed by atoms with Gasteiger partial charge in [-0.25, -0.2) is 0 Å². The van der Waals surface area contributed by atoms with E-state index in [1.165, 1.54) is 0 Å². The van der Waals surface area contributed by atoms with Gasteiger partial charge in [0.05, 0.1) is 38.1 Å². The lowest BCUT2D eigenvalue weighted by molar-refractivity contribution is -0.298. The average Bonchev–Trinajstić information content (AvgIpc) is 3.10. The van der Waals surface area contributed by atoms with Crippen LogP contribution in [0.15, 0.2) is 24.3 Å². The molecule has 3 fully saturated rings. The highest BCUT2D eigenvalue weighted by Gasteiger charge is 2.47. The van der Waals surface area contributed by atoms with Gasteiger partial charge in [0.25, 0.3) is 5.91 Å². The Bertz CT molecular complexity index is 1240. The Balaban J connectivity index is 1.51. The van der Waals surface area contributed by atoms with Crippen LogP contribution in [0.1, 0.15) is 104 Å². The molecule has 0 aliphatic carbocycles. The van der Waals surface area contributed by atoms with Crippen LogP contribution in [-0.2, 0) is 18.9 Å². The van der Waals surface area contributed by atoms with Crippen molar-refractivity contribution in [2.24, 2.45) is 23.2 Å². The third-order valence-corrected chi connectivity index (χ3v) is 12.0. The van der Waals surface area contributed by atoms with Gasteiger partial charge < -0.3 is 38.6 Å². The lowest BCUT2D eigenvalue weighted by Gasteiger charge is -2.47. The molecular weight excluding hydrogens is 658 g/mol. The van der Waals surface area contributed by atoms with Crippen molar-refractivity contribution in [3.05, 3.63) is 29.8 Å². The van der Waals surface area contributed by atoms with Crippen molar-refractivity contribution in [2.45, 2.75) is 136 Å². The molecule has 10 nitrogen and oxygen atoms in total. The number of piperidine rings is 1. The van der Waals surface area contributed by atoms with Crippen LogP contribution in [0.25, 0.3) is 0 Å². The van der Waals surface area contributed by atoms with Crippen LogP contribution >= 0.6 is 0 Å². The van der Waals surface area contributed by atoms with Gasteiger partial charge in [-0.15, -0.1) is 0 Å². The van der Waals surface area contributed by atoms with E-state index >= 15 is 0 Å². The third kappa shape index (κ3) is 11.4. The lowest BCUT2D eigenvalue weighted by Crippen LogP contribution is -2.58. The zero-order chi connectivity index (χ0) is 38.2. The van der Waals surface area contributed by atoms with Crippen molar-refractivity contribution in [3.8, 4) is 5.75 Å². The van der Waals surface area contributed by atoms with Crippen molar-refractivity contribution < 1.29 is 33.6 Å². The molecule has 52 heavy (non-hydrogen) atoms. The maximum Gasteiger partial charge on any atom is 0.253 e. The van der Waals surface area contributed by atoms with E-state index in [4.69, 9.17) is 23.7 Å². The number of aliphatic hydroxyl groups excluding tert-OH is 1. The first kappa shape index (κ1) is 42.9. The molecule has 0 aromatic heterocycles. The molecule has 1 N–H and O–H groups in total. The lowest BCUT2D eigenvalue weighted by atomic mass is 9.75. The monoisotopic (exact) mass is 732 g/mol. The molecule has 1 amide bonds. The van der Waals surface area contributed by atoms with E-state index in [2.05, 4.69) is 58.3 Å². The van der Waals surface area contributed by atoms with E-state index in [0.29, 0.717) is 36.4 Å². The molecule has 3 aliphatic rings. The summed E-state index contributed by atoms with van der Waals surface area (Å²) < 4.78 is 31.8. The zero-order valence-corrected chi connectivity index (χ0v) is 34.4. The highest BCUT2D eigenvalue weighted by atomic mass is 16.7. The van der Waals surface area contributed by atoms with Crippen molar-refractivity contribution in [1.82, 2.24) is 14.7 Å². The smallest absolute Gasteiger partial charge is 0.253 e. The molecule has 298 valence electrons. The van der Waals surface area contributed by atoms with Crippen LogP contribution in [-0.4, -0.2) is 136 Å². The Morgan fingerprint density at radius 1 is 1.08 bits per heavy atom. The van der Waals surface area contributed by atoms with Gasteiger partial charge in [-0.2, -0.15) is 0 Å².